The standard InChI is InChI=1S/C27H34N2O6/c1-27(2,3)15-18(14-25(31)32)29-24(30)17-34-13-12-28-26(33)35-16-23-21-10-6-4-8-19(21)20-9-5-7-11-22(20)23/h4-11,18,23H,12-17H2,1-3H3,(H,28,33)(H,29,30)(H,31,32). The van der Waals surface area contributed by atoms with Crippen LogP contribution in [0.4, 0.5) is 4.79 Å². The Kier molecular flexibility index (Phi) is 8.87. The van der Waals surface area contributed by atoms with Crippen molar-refractivity contribution in [2.45, 2.75) is 45.6 Å². The van der Waals surface area contributed by atoms with Gasteiger partial charge in [-0.15, -0.1) is 0 Å². The number of hydrogen-bond acceptors (Lipinski definition) is 5. The van der Waals surface area contributed by atoms with E-state index in [0.717, 1.165) is 22.3 Å². The van der Waals surface area contributed by atoms with Crippen LogP contribution >= 0.6 is 0 Å². The van der Waals surface area contributed by atoms with Gasteiger partial charge in [-0.2, -0.15) is 0 Å². The van der Waals surface area contributed by atoms with E-state index in [1.165, 1.54) is 0 Å². The molecule has 0 fully saturated rings. The Morgan fingerprint density at radius 3 is 2.17 bits per heavy atom. The van der Waals surface area contributed by atoms with Gasteiger partial charge in [-0.1, -0.05) is 69.3 Å². The Labute approximate surface area is 206 Å². The SMILES string of the molecule is CC(C)(C)CC(CC(=O)O)NC(=O)COCCNC(=O)OCC1c2ccccc2-c2ccccc21. The van der Waals surface area contributed by atoms with E-state index >= 15 is 0 Å². The van der Waals surface area contributed by atoms with Gasteiger partial charge in [-0.3, -0.25) is 9.59 Å². The first-order chi connectivity index (χ1) is 16.6. The molecule has 3 rings (SSSR count). The highest BCUT2D eigenvalue weighted by molar-refractivity contribution is 5.79. The zero-order valence-electron chi connectivity index (χ0n) is 20.5. The van der Waals surface area contributed by atoms with Crippen LogP contribution in [0.2, 0.25) is 0 Å². The number of benzene rings is 2. The Bertz CT molecular complexity index is 1000. The van der Waals surface area contributed by atoms with Crippen LogP contribution in [0.3, 0.4) is 0 Å². The maximum Gasteiger partial charge on any atom is 0.407 e. The lowest BCUT2D eigenvalue weighted by molar-refractivity contribution is -0.138. The second-order valence-corrected chi connectivity index (χ2v) is 9.93. The lowest BCUT2D eigenvalue weighted by Gasteiger charge is -2.25. The van der Waals surface area contributed by atoms with E-state index in [2.05, 4.69) is 34.9 Å². The molecule has 2 aromatic carbocycles. The van der Waals surface area contributed by atoms with Gasteiger partial charge in [0.25, 0.3) is 0 Å². The maximum absolute atomic E-state index is 12.2. The molecule has 8 heteroatoms. The summed E-state index contributed by atoms with van der Waals surface area (Å²) >= 11 is 0. The first kappa shape index (κ1) is 26.2. The van der Waals surface area contributed by atoms with Gasteiger partial charge < -0.3 is 25.2 Å². The summed E-state index contributed by atoms with van der Waals surface area (Å²) in [5.41, 5.74) is 4.49. The molecule has 188 valence electrons. The number of carbonyl (C=O) groups is 3. The van der Waals surface area contributed by atoms with Crippen molar-refractivity contribution in [3.8, 4) is 11.1 Å². The molecular weight excluding hydrogens is 448 g/mol. The largest absolute Gasteiger partial charge is 0.481 e. The minimum atomic E-state index is -0.965. The van der Waals surface area contributed by atoms with E-state index in [1.807, 2.05) is 45.0 Å². The Morgan fingerprint density at radius 1 is 1.00 bits per heavy atom. The summed E-state index contributed by atoms with van der Waals surface area (Å²) in [6, 6.07) is 15.8. The lowest BCUT2D eigenvalue weighted by Crippen LogP contribution is -2.41. The molecule has 0 saturated carbocycles. The molecular formula is C27H34N2O6. The second-order valence-electron chi connectivity index (χ2n) is 9.93. The van der Waals surface area contributed by atoms with Crippen LogP contribution in [0, 0.1) is 5.41 Å². The number of carbonyl (C=O) groups excluding carboxylic acids is 2. The summed E-state index contributed by atoms with van der Waals surface area (Å²) in [6.07, 6.45) is -0.160. The maximum atomic E-state index is 12.2. The fourth-order valence-electron chi connectivity index (χ4n) is 4.43. The van der Waals surface area contributed by atoms with E-state index in [4.69, 9.17) is 14.6 Å². The van der Waals surface area contributed by atoms with Gasteiger partial charge in [0, 0.05) is 18.5 Å². The van der Waals surface area contributed by atoms with Crippen LogP contribution in [-0.4, -0.2) is 55.5 Å². The lowest BCUT2D eigenvalue weighted by atomic mass is 9.87. The van der Waals surface area contributed by atoms with Crippen LogP contribution < -0.4 is 10.6 Å². The molecule has 2 aromatic rings. The zero-order valence-corrected chi connectivity index (χ0v) is 20.5. The van der Waals surface area contributed by atoms with Crippen molar-refractivity contribution in [2.24, 2.45) is 5.41 Å². The summed E-state index contributed by atoms with van der Waals surface area (Å²) in [4.78, 5) is 35.4. The molecule has 0 radical (unpaired) electrons. The van der Waals surface area contributed by atoms with Crippen molar-refractivity contribution >= 4 is 18.0 Å². The molecule has 1 unspecified atom stereocenters. The third kappa shape index (κ3) is 7.82. The third-order valence-electron chi connectivity index (χ3n) is 5.74. The molecule has 3 N–H and O–H groups in total. The molecule has 0 bridgehead atoms. The predicted octanol–water partition coefficient (Wildman–Crippen LogP) is 3.94. The summed E-state index contributed by atoms with van der Waals surface area (Å²) in [7, 11) is 0. The van der Waals surface area contributed by atoms with Gasteiger partial charge in [-0.25, -0.2) is 4.79 Å². The molecule has 0 heterocycles. The minimum Gasteiger partial charge on any atom is -0.481 e. The topological polar surface area (TPSA) is 114 Å². The molecule has 0 saturated heterocycles. The van der Waals surface area contributed by atoms with Gasteiger partial charge in [0.1, 0.15) is 13.2 Å². The number of hydrogen-bond donors (Lipinski definition) is 3. The highest BCUT2D eigenvalue weighted by Gasteiger charge is 2.29. The van der Waals surface area contributed by atoms with Crippen molar-refractivity contribution in [1.29, 1.82) is 0 Å². The number of ether oxygens (including phenoxy) is 2. The van der Waals surface area contributed by atoms with Crippen molar-refractivity contribution in [2.75, 3.05) is 26.4 Å². The highest BCUT2D eigenvalue weighted by atomic mass is 16.5. The number of rotatable bonds is 11. The summed E-state index contributed by atoms with van der Waals surface area (Å²) in [6.45, 7) is 6.28. The molecule has 8 nitrogen and oxygen atoms in total. The molecule has 1 aliphatic carbocycles. The number of fused-ring (bicyclic) bond motifs is 3. The van der Waals surface area contributed by atoms with Crippen molar-refractivity contribution < 1.29 is 29.0 Å². The third-order valence-corrected chi connectivity index (χ3v) is 5.74. The van der Waals surface area contributed by atoms with Crippen LogP contribution in [0.5, 0.6) is 0 Å². The molecule has 35 heavy (non-hydrogen) atoms. The quantitative estimate of drug-likeness (QED) is 0.418. The van der Waals surface area contributed by atoms with E-state index in [9.17, 15) is 14.4 Å². The smallest absolute Gasteiger partial charge is 0.407 e. The van der Waals surface area contributed by atoms with Gasteiger partial charge in [0.15, 0.2) is 0 Å². The van der Waals surface area contributed by atoms with E-state index in [0.29, 0.717) is 6.42 Å². The Hall–Kier alpha value is -3.39. The molecule has 0 aliphatic heterocycles. The highest BCUT2D eigenvalue weighted by Crippen LogP contribution is 2.44. The van der Waals surface area contributed by atoms with Gasteiger partial charge in [-0.05, 0) is 34.1 Å². The van der Waals surface area contributed by atoms with E-state index in [1.54, 1.807) is 0 Å². The molecule has 0 spiro atoms. The van der Waals surface area contributed by atoms with Gasteiger partial charge >= 0.3 is 12.1 Å². The minimum absolute atomic E-state index is 0.0139. The number of nitrogens with one attached hydrogen (secondary N) is 2. The van der Waals surface area contributed by atoms with Crippen LogP contribution in [0.1, 0.15) is 50.7 Å². The average Bonchev–Trinajstić information content (AvgIpc) is 3.09. The van der Waals surface area contributed by atoms with Gasteiger partial charge in [0.2, 0.25) is 5.91 Å². The number of carboxylic acid groups (broad SMARTS) is 1. The Morgan fingerprint density at radius 2 is 1.60 bits per heavy atom. The van der Waals surface area contributed by atoms with Gasteiger partial charge in [0.05, 0.1) is 13.0 Å². The first-order valence-electron chi connectivity index (χ1n) is 11.8. The van der Waals surface area contributed by atoms with Crippen molar-refractivity contribution in [3.05, 3.63) is 59.7 Å². The van der Waals surface area contributed by atoms with Crippen LogP contribution in [0.25, 0.3) is 11.1 Å². The summed E-state index contributed by atoms with van der Waals surface area (Å²) in [5, 5.41) is 14.4. The predicted molar refractivity (Wildman–Crippen MR) is 132 cm³/mol. The second kappa shape index (κ2) is 11.8. The van der Waals surface area contributed by atoms with Crippen molar-refractivity contribution in [3.63, 3.8) is 0 Å². The molecule has 0 aromatic heterocycles. The van der Waals surface area contributed by atoms with Crippen molar-refractivity contribution in [1.82, 2.24) is 10.6 Å². The first-order valence-corrected chi connectivity index (χ1v) is 11.8. The number of aliphatic carboxylic acids is 1. The monoisotopic (exact) mass is 482 g/mol. The van der Waals surface area contributed by atoms with Crippen LogP contribution in [0.15, 0.2) is 48.5 Å². The van der Waals surface area contributed by atoms with Crippen LogP contribution in [-0.2, 0) is 19.1 Å². The van der Waals surface area contributed by atoms with E-state index in [-0.39, 0.29) is 50.0 Å². The molecule has 2 amide bonds. The molecule has 1 atom stereocenters. The average molecular weight is 483 g/mol. The number of amides is 2. The summed E-state index contributed by atoms with van der Waals surface area (Å²) in [5.74, 6) is -1.37. The number of carboxylic acids is 1. The summed E-state index contributed by atoms with van der Waals surface area (Å²) < 4.78 is 10.8. The fraction of sp³-hybridized carbons (Fsp3) is 0.444. The zero-order chi connectivity index (χ0) is 25.4. The fourth-order valence-corrected chi connectivity index (χ4v) is 4.43. The number of alkyl carbamates (subject to hydrolysis) is 1. The van der Waals surface area contributed by atoms with E-state index < -0.39 is 18.1 Å². The normalized spacial score (nSPS) is 13.5. The molecule has 1 aliphatic rings. The Balaban J connectivity index is 1.37.